The largest absolute Gasteiger partial charge is 0.348 e. The predicted octanol–water partition coefficient (Wildman–Crippen LogP) is 2.97. The summed E-state index contributed by atoms with van der Waals surface area (Å²) in [7, 11) is 0. The Hall–Kier alpha value is -1.87. The highest BCUT2D eigenvalue weighted by molar-refractivity contribution is 6.31. The second kappa shape index (κ2) is 5.65. The number of carbonyl (C=O) groups excluding carboxylic acids is 1. The van der Waals surface area contributed by atoms with E-state index in [-0.39, 0.29) is 5.91 Å². The van der Waals surface area contributed by atoms with E-state index in [0.29, 0.717) is 17.1 Å². The molecule has 0 saturated carbocycles. The van der Waals surface area contributed by atoms with Crippen molar-refractivity contribution in [1.82, 2.24) is 10.3 Å². The van der Waals surface area contributed by atoms with E-state index in [1.165, 1.54) is 0 Å². The molecule has 1 aromatic carbocycles. The molecule has 4 heteroatoms. The minimum atomic E-state index is -0.151. The van der Waals surface area contributed by atoms with Crippen molar-refractivity contribution in [3.8, 4) is 0 Å². The Morgan fingerprint density at radius 3 is 2.72 bits per heavy atom. The van der Waals surface area contributed by atoms with Gasteiger partial charge >= 0.3 is 0 Å². The van der Waals surface area contributed by atoms with E-state index in [0.717, 1.165) is 11.3 Å². The summed E-state index contributed by atoms with van der Waals surface area (Å²) >= 11 is 6.01. The fourth-order valence-electron chi connectivity index (χ4n) is 1.52. The van der Waals surface area contributed by atoms with Crippen molar-refractivity contribution in [2.75, 3.05) is 0 Å². The van der Waals surface area contributed by atoms with Crippen LogP contribution in [-0.4, -0.2) is 10.9 Å². The molecule has 0 aliphatic rings. The van der Waals surface area contributed by atoms with Crippen LogP contribution >= 0.6 is 11.6 Å². The van der Waals surface area contributed by atoms with E-state index in [9.17, 15) is 4.79 Å². The maximum atomic E-state index is 11.8. The molecule has 3 nitrogen and oxygen atoms in total. The second-order valence-corrected chi connectivity index (χ2v) is 4.37. The van der Waals surface area contributed by atoms with Crippen molar-refractivity contribution in [1.29, 1.82) is 0 Å². The van der Waals surface area contributed by atoms with E-state index in [2.05, 4.69) is 10.3 Å². The van der Waals surface area contributed by atoms with Crippen LogP contribution in [0.1, 0.15) is 21.6 Å². The van der Waals surface area contributed by atoms with E-state index in [1.54, 1.807) is 18.3 Å². The van der Waals surface area contributed by atoms with Crippen LogP contribution in [0.2, 0.25) is 5.02 Å². The number of hydrogen-bond acceptors (Lipinski definition) is 2. The first-order valence-corrected chi connectivity index (χ1v) is 5.99. The van der Waals surface area contributed by atoms with Gasteiger partial charge in [-0.1, -0.05) is 29.8 Å². The second-order valence-electron chi connectivity index (χ2n) is 3.96. The van der Waals surface area contributed by atoms with E-state index in [4.69, 9.17) is 11.6 Å². The van der Waals surface area contributed by atoms with Gasteiger partial charge in [0.25, 0.3) is 5.91 Å². The number of aromatic nitrogens is 1. The van der Waals surface area contributed by atoms with Crippen molar-refractivity contribution in [2.45, 2.75) is 13.5 Å². The molecule has 0 unspecified atom stereocenters. The number of aryl methyl sites for hydroxylation is 1. The molecule has 0 radical (unpaired) electrons. The minimum absolute atomic E-state index is 0.151. The third kappa shape index (κ3) is 3.08. The highest BCUT2D eigenvalue weighted by atomic mass is 35.5. The standard InChI is InChI=1S/C14H13ClN2O/c1-10-6-7-12(9-16-10)14(18)17-8-11-4-2-3-5-13(11)15/h2-7,9H,8H2,1H3,(H,17,18). The topological polar surface area (TPSA) is 42.0 Å². The number of amides is 1. The summed E-state index contributed by atoms with van der Waals surface area (Å²) in [4.78, 5) is 15.9. The highest BCUT2D eigenvalue weighted by Crippen LogP contribution is 2.14. The van der Waals surface area contributed by atoms with Gasteiger partial charge in [0, 0.05) is 23.5 Å². The van der Waals surface area contributed by atoms with Gasteiger partial charge in [0.05, 0.1) is 5.56 Å². The lowest BCUT2D eigenvalue weighted by molar-refractivity contribution is 0.0950. The summed E-state index contributed by atoms with van der Waals surface area (Å²) in [5, 5.41) is 3.46. The molecule has 1 N–H and O–H groups in total. The molecular weight excluding hydrogens is 248 g/mol. The molecular formula is C14H13ClN2O. The zero-order chi connectivity index (χ0) is 13.0. The molecule has 2 rings (SSSR count). The molecule has 0 aliphatic heterocycles. The van der Waals surface area contributed by atoms with E-state index in [1.807, 2.05) is 31.2 Å². The average Bonchev–Trinajstić information content (AvgIpc) is 2.38. The molecule has 1 heterocycles. The zero-order valence-corrected chi connectivity index (χ0v) is 10.7. The smallest absolute Gasteiger partial charge is 0.253 e. The third-order valence-corrected chi connectivity index (χ3v) is 2.94. The Balaban J connectivity index is 2.01. The van der Waals surface area contributed by atoms with Crippen LogP contribution in [-0.2, 0) is 6.54 Å². The Morgan fingerprint density at radius 1 is 1.28 bits per heavy atom. The van der Waals surface area contributed by atoms with Crippen molar-refractivity contribution in [3.05, 3.63) is 64.4 Å². The number of rotatable bonds is 3. The molecule has 0 atom stereocenters. The Bertz CT molecular complexity index is 552. The highest BCUT2D eigenvalue weighted by Gasteiger charge is 2.06. The first-order valence-electron chi connectivity index (χ1n) is 5.61. The van der Waals surface area contributed by atoms with Crippen molar-refractivity contribution in [3.63, 3.8) is 0 Å². The molecule has 0 bridgehead atoms. The molecule has 2 aromatic rings. The van der Waals surface area contributed by atoms with Gasteiger partial charge in [-0.2, -0.15) is 0 Å². The van der Waals surface area contributed by atoms with Crippen molar-refractivity contribution in [2.24, 2.45) is 0 Å². The number of nitrogens with one attached hydrogen (secondary N) is 1. The lowest BCUT2D eigenvalue weighted by Gasteiger charge is -2.06. The lowest BCUT2D eigenvalue weighted by atomic mass is 10.2. The molecule has 0 aliphatic carbocycles. The SMILES string of the molecule is Cc1ccc(C(=O)NCc2ccccc2Cl)cn1. The maximum Gasteiger partial charge on any atom is 0.253 e. The predicted molar refractivity (Wildman–Crippen MR) is 71.6 cm³/mol. The van der Waals surface area contributed by atoms with Gasteiger partial charge in [-0.25, -0.2) is 0 Å². The van der Waals surface area contributed by atoms with Gasteiger partial charge in [0.1, 0.15) is 0 Å². The van der Waals surface area contributed by atoms with Crippen LogP contribution < -0.4 is 5.32 Å². The maximum absolute atomic E-state index is 11.8. The summed E-state index contributed by atoms with van der Waals surface area (Å²) in [5.41, 5.74) is 2.33. The summed E-state index contributed by atoms with van der Waals surface area (Å²) in [6.45, 7) is 2.29. The van der Waals surface area contributed by atoms with Crippen molar-refractivity contribution < 1.29 is 4.79 Å². The summed E-state index contributed by atoms with van der Waals surface area (Å²) < 4.78 is 0. The van der Waals surface area contributed by atoms with Gasteiger partial charge in [0.15, 0.2) is 0 Å². The number of hydrogen-bond donors (Lipinski definition) is 1. The van der Waals surface area contributed by atoms with Crippen LogP contribution in [0.15, 0.2) is 42.6 Å². The van der Waals surface area contributed by atoms with Crippen LogP contribution in [0.25, 0.3) is 0 Å². The first-order chi connectivity index (χ1) is 8.66. The normalized spacial score (nSPS) is 10.1. The molecule has 0 saturated heterocycles. The van der Waals surface area contributed by atoms with Crippen LogP contribution in [0.5, 0.6) is 0 Å². The van der Waals surface area contributed by atoms with Gasteiger partial charge in [-0.3, -0.25) is 9.78 Å². The molecule has 18 heavy (non-hydrogen) atoms. The van der Waals surface area contributed by atoms with Crippen LogP contribution in [0.3, 0.4) is 0 Å². The Labute approximate surface area is 111 Å². The summed E-state index contributed by atoms with van der Waals surface area (Å²) in [5.74, 6) is -0.151. The average molecular weight is 261 g/mol. The monoisotopic (exact) mass is 260 g/mol. The van der Waals surface area contributed by atoms with Gasteiger partial charge in [0.2, 0.25) is 0 Å². The fourth-order valence-corrected chi connectivity index (χ4v) is 1.72. The Morgan fingerprint density at radius 2 is 2.06 bits per heavy atom. The van der Waals surface area contributed by atoms with Gasteiger partial charge in [-0.05, 0) is 30.7 Å². The third-order valence-electron chi connectivity index (χ3n) is 2.57. The first kappa shape index (κ1) is 12.6. The molecule has 1 amide bonds. The molecule has 0 fully saturated rings. The molecule has 92 valence electrons. The number of nitrogens with zero attached hydrogens (tertiary/aromatic N) is 1. The van der Waals surface area contributed by atoms with E-state index < -0.39 is 0 Å². The van der Waals surface area contributed by atoms with Gasteiger partial charge in [-0.15, -0.1) is 0 Å². The quantitative estimate of drug-likeness (QED) is 0.922. The van der Waals surface area contributed by atoms with Crippen LogP contribution in [0, 0.1) is 6.92 Å². The number of carbonyl (C=O) groups is 1. The lowest BCUT2D eigenvalue weighted by Crippen LogP contribution is -2.23. The summed E-state index contributed by atoms with van der Waals surface area (Å²) in [6, 6.07) is 11.0. The molecule has 0 spiro atoms. The molecule has 1 aromatic heterocycles. The van der Waals surface area contributed by atoms with Crippen molar-refractivity contribution >= 4 is 17.5 Å². The minimum Gasteiger partial charge on any atom is -0.348 e. The zero-order valence-electron chi connectivity index (χ0n) is 9.98. The number of benzene rings is 1. The van der Waals surface area contributed by atoms with E-state index >= 15 is 0 Å². The van der Waals surface area contributed by atoms with Gasteiger partial charge < -0.3 is 5.32 Å². The summed E-state index contributed by atoms with van der Waals surface area (Å²) in [6.07, 6.45) is 1.57. The number of halogens is 1. The number of pyridine rings is 1. The fraction of sp³-hybridized carbons (Fsp3) is 0.143. The van der Waals surface area contributed by atoms with Crippen LogP contribution in [0.4, 0.5) is 0 Å². The Kier molecular flexibility index (Phi) is 3.95.